The van der Waals surface area contributed by atoms with Gasteiger partial charge in [-0.1, -0.05) is 18.2 Å². The van der Waals surface area contributed by atoms with Gasteiger partial charge < -0.3 is 5.32 Å². The van der Waals surface area contributed by atoms with Crippen LogP contribution in [-0.4, -0.2) is 10.5 Å². The van der Waals surface area contributed by atoms with E-state index >= 15 is 0 Å². The van der Waals surface area contributed by atoms with Crippen molar-refractivity contribution >= 4 is 33.1 Å². The minimum Gasteiger partial charge on any atom is -0.315 e. The molecule has 5 nitrogen and oxygen atoms in total. The second-order valence-corrected chi connectivity index (χ2v) is 7.54. The van der Waals surface area contributed by atoms with Crippen LogP contribution < -0.4 is 10.9 Å². The summed E-state index contributed by atoms with van der Waals surface area (Å²) in [5.41, 5.74) is 2.74. The summed E-state index contributed by atoms with van der Waals surface area (Å²) in [6.45, 7) is 7.35. The zero-order chi connectivity index (χ0) is 19.0. The highest BCUT2D eigenvalue weighted by molar-refractivity contribution is 7.16. The van der Waals surface area contributed by atoms with Crippen molar-refractivity contribution in [3.8, 4) is 6.07 Å². The van der Waals surface area contributed by atoms with Crippen molar-refractivity contribution in [3.63, 3.8) is 0 Å². The fraction of sp³-hybridized carbons (Fsp3) is 0.250. The molecule has 1 N–H and O–H groups in total. The van der Waals surface area contributed by atoms with E-state index in [1.165, 1.54) is 15.9 Å². The summed E-state index contributed by atoms with van der Waals surface area (Å²) in [4.78, 5) is 26.4. The molecule has 0 saturated carbocycles. The van der Waals surface area contributed by atoms with E-state index < -0.39 is 6.04 Å². The summed E-state index contributed by atoms with van der Waals surface area (Å²) in [6.07, 6.45) is 0. The average Bonchev–Trinajstić information content (AvgIpc) is 2.88. The van der Waals surface area contributed by atoms with E-state index in [9.17, 15) is 14.9 Å². The topological polar surface area (TPSA) is 74.9 Å². The zero-order valence-electron chi connectivity index (χ0n) is 15.1. The number of benzene rings is 1. The first-order chi connectivity index (χ1) is 12.3. The van der Waals surface area contributed by atoms with Crippen molar-refractivity contribution in [1.82, 2.24) is 4.57 Å². The molecule has 0 spiro atoms. The van der Waals surface area contributed by atoms with Gasteiger partial charge in [-0.3, -0.25) is 14.2 Å². The van der Waals surface area contributed by atoms with Gasteiger partial charge in [0.15, 0.2) is 0 Å². The number of hydrogen-bond donors (Lipinski definition) is 1. The molecular weight excluding hydrogens is 346 g/mol. The number of fused-ring (bicyclic) bond motifs is 1. The van der Waals surface area contributed by atoms with Crippen LogP contribution in [0.3, 0.4) is 0 Å². The molecule has 0 aliphatic carbocycles. The van der Waals surface area contributed by atoms with Crippen molar-refractivity contribution in [2.24, 2.45) is 0 Å². The van der Waals surface area contributed by atoms with Crippen LogP contribution in [0, 0.1) is 32.1 Å². The number of thiophene rings is 1. The summed E-state index contributed by atoms with van der Waals surface area (Å²) in [7, 11) is 0. The molecule has 0 aliphatic heterocycles. The lowest BCUT2D eigenvalue weighted by Gasteiger charge is -2.18. The number of para-hydroxylation sites is 1. The molecule has 6 heteroatoms. The monoisotopic (exact) mass is 365 g/mol. The van der Waals surface area contributed by atoms with Crippen molar-refractivity contribution in [3.05, 3.63) is 62.3 Å². The highest BCUT2D eigenvalue weighted by atomic mass is 32.1. The Morgan fingerprint density at radius 1 is 1.27 bits per heavy atom. The number of carbonyl (C=O) groups excluding carboxylic acids is 1. The molecule has 0 saturated heterocycles. The number of anilines is 1. The first kappa shape index (κ1) is 17.9. The number of aromatic nitrogens is 1. The molecule has 2 aromatic heterocycles. The minimum atomic E-state index is -0.706. The van der Waals surface area contributed by atoms with E-state index in [0.29, 0.717) is 10.6 Å². The van der Waals surface area contributed by atoms with Crippen LogP contribution in [0.1, 0.15) is 34.5 Å². The Morgan fingerprint density at radius 2 is 1.96 bits per heavy atom. The van der Waals surface area contributed by atoms with Gasteiger partial charge >= 0.3 is 0 Å². The Kier molecular flexibility index (Phi) is 4.66. The molecule has 1 aromatic carbocycles. The third kappa shape index (κ3) is 2.91. The van der Waals surface area contributed by atoms with Crippen molar-refractivity contribution < 1.29 is 4.79 Å². The Hall–Kier alpha value is -2.91. The van der Waals surface area contributed by atoms with Gasteiger partial charge in [0.1, 0.15) is 17.1 Å². The third-order valence-corrected chi connectivity index (χ3v) is 5.79. The number of nitrogens with zero attached hydrogens (tertiary/aromatic N) is 2. The summed E-state index contributed by atoms with van der Waals surface area (Å²) >= 11 is 1.37. The molecule has 0 bridgehead atoms. The third-order valence-electron chi connectivity index (χ3n) is 4.67. The van der Waals surface area contributed by atoms with Crippen LogP contribution >= 0.6 is 11.3 Å². The van der Waals surface area contributed by atoms with Crippen molar-refractivity contribution in [1.29, 1.82) is 5.26 Å². The lowest BCUT2D eigenvalue weighted by molar-refractivity contribution is -0.118. The molecule has 2 heterocycles. The highest BCUT2D eigenvalue weighted by Gasteiger charge is 2.22. The summed E-state index contributed by atoms with van der Waals surface area (Å²) in [5, 5.41) is 13.6. The first-order valence-electron chi connectivity index (χ1n) is 8.27. The predicted octanol–water partition coefficient (Wildman–Crippen LogP) is 4.06. The fourth-order valence-corrected chi connectivity index (χ4v) is 4.06. The standard InChI is InChI=1S/C20H19N3O2S/c1-11-9-18(24)23(17-8-6-5-7-15(11)17)13(3)19(25)22-20-16(10-21)12(2)14(4)26-20/h5-9,13H,1-4H3,(H,22,25). The number of hydrogen-bond acceptors (Lipinski definition) is 4. The van der Waals surface area contributed by atoms with E-state index in [-0.39, 0.29) is 11.5 Å². The normalized spacial score (nSPS) is 12.0. The number of carbonyl (C=O) groups is 1. The number of amides is 1. The number of nitriles is 1. The maximum atomic E-state index is 12.8. The minimum absolute atomic E-state index is 0.220. The zero-order valence-corrected chi connectivity index (χ0v) is 15.9. The van der Waals surface area contributed by atoms with E-state index in [0.717, 1.165) is 26.9 Å². The molecule has 1 amide bonds. The lowest BCUT2D eigenvalue weighted by atomic mass is 10.1. The molecule has 0 fully saturated rings. The van der Waals surface area contributed by atoms with Crippen LogP contribution in [0.5, 0.6) is 0 Å². The Bertz CT molecular complexity index is 1120. The second-order valence-electron chi connectivity index (χ2n) is 6.32. The molecule has 0 radical (unpaired) electrons. The van der Waals surface area contributed by atoms with Crippen LogP contribution in [0.2, 0.25) is 0 Å². The van der Waals surface area contributed by atoms with Gasteiger partial charge in [0, 0.05) is 16.3 Å². The lowest BCUT2D eigenvalue weighted by Crippen LogP contribution is -2.31. The van der Waals surface area contributed by atoms with E-state index in [1.54, 1.807) is 13.0 Å². The van der Waals surface area contributed by atoms with E-state index in [4.69, 9.17) is 0 Å². The van der Waals surface area contributed by atoms with Crippen LogP contribution in [-0.2, 0) is 4.79 Å². The molecule has 1 unspecified atom stereocenters. The maximum Gasteiger partial charge on any atom is 0.252 e. The largest absolute Gasteiger partial charge is 0.315 e. The highest BCUT2D eigenvalue weighted by Crippen LogP contribution is 2.32. The van der Waals surface area contributed by atoms with Crippen molar-refractivity contribution in [2.75, 3.05) is 5.32 Å². The molecular formula is C20H19N3O2S. The predicted molar refractivity (Wildman–Crippen MR) is 105 cm³/mol. The smallest absolute Gasteiger partial charge is 0.252 e. The quantitative estimate of drug-likeness (QED) is 0.760. The molecule has 26 heavy (non-hydrogen) atoms. The average molecular weight is 365 g/mol. The first-order valence-corrected chi connectivity index (χ1v) is 9.08. The number of aryl methyl sites for hydroxylation is 2. The van der Waals surface area contributed by atoms with Crippen LogP contribution in [0.15, 0.2) is 35.1 Å². The fourth-order valence-electron chi connectivity index (χ4n) is 3.05. The second kappa shape index (κ2) is 6.77. The van der Waals surface area contributed by atoms with E-state index in [2.05, 4.69) is 11.4 Å². The molecule has 0 aliphatic rings. The Morgan fingerprint density at radius 3 is 2.65 bits per heavy atom. The van der Waals surface area contributed by atoms with Gasteiger partial charge in [-0.15, -0.1) is 11.3 Å². The molecule has 132 valence electrons. The Balaban J connectivity index is 2.03. The van der Waals surface area contributed by atoms with Crippen molar-refractivity contribution in [2.45, 2.75) is 33.7 Å². The van der Waals surface area contributed by atoms with Gasteiger partial charge in [-0.2, -0.15) is 5.26 Å². The Labute approximate surface area is 155 Å². The van der Waals surface area contributed by atoms with Gasteiger partial charge in [0.05, 0.1) is 11.1 Å². The van der Waals surface area contributed by atoms with Gasteiger partial charge in [-0.05, 0) is 44.9 Å². The van der Waals surface area contributed by atoms with Gasteiger partial charge in [0.2, 0.25) is 5.91 Å². The van der Waals surface area contributed by atoms with Crippen LogP contribution in [0.25, 0.3) is 10.9 Å². The number of rotatable bonds is 3. The number of nitrogens with one attached hydrogen (secondary N) is 1. The summed E-state index contributed by atoms with van der Waals surface area (Å²) in [6, 6.07) is 10.5. The maximum absolute atomic E-state index is 12.8. The molecule has 3 rings (SSSR count). The molecule has 3 aromatic rings. The summed E-state index contributed by atoms with van der Waals surface area (Å²) < 4.78 is 1.50. The molecule has 1 atom stereocenters. The van der Waals surface area contributed by atoms with Gasteiger partial charge in [-0.25, -0.2) is 0 Å². The summed E-state index contributed by atoms with van der Waals surface area (Å²) in [5.74, 6) is -0.321. The van der Waals surface area contributed by atoms with Crippen LogP contribution in [0.4, 0.5) is 5.00 Å². The number of pyridine rings is 1. The van der Waals surface area contributed by atoms with E-state index in [1.807, 2.05) is 45.0 Å². The van der Waals surface area contributed by atoms with Gasteiger partial charge in [0.25, 0.3) is 5.56 Å². The SMILES string of the molecule is Cc1sc(NC(=O)C(C)n2c(=O)cc(C)c3ccccc32)c(C#N)c1C.